The summed E-state index contributed by atoms with van der Waals surface area (Å²) in [5.74, 6) is -0.981. The highest BCUT2D eigenvalue weighted by atomic mass is 19.1. The van der Waals surface area contributed by atoms with Crippen LogP contribution >= 0.6 is 0 Å². The van der Waals surface area contributed by atoms with Gasteiger partial charge in [-0.1, -0.05) is 0 Å². The first-order valence-electron chi connectivity index (χ1n) is 8.72. The topological polar surface area (TPSA) is 97.4 Å². The van der Waals surface area contributed by atoms with Crippen LogP contribution in [0.3, 0.4) is 0 Å². The zero-order valence-corrected chi connectivity index (χ0v) is 14.8. The molecule has 1 spiro atoms. The molecule has 1 amide bonds. The first-order chi connectivity index (χ1) is 13.0. The number of nitrogens with one attached hydrogen (secondary N) is 1. The summed E-state index contributed by atoms with van der Waals surface area (Å²) < 4.78 is 25.3. The summed E-state index contributed by atoms with van der Waals surface area (Å²) in [6, 6.07) is 4.26. The van der Waals surface area contributed by atoms with Gasteiger partial charge in [0.25, 0.3) is 11.8 Å². The van der Waals surface area contributed by atoms with E-state index in [4.69, 9.17) is 9.47 Å². The number of carbonyl (C=O) groups excluding carboxylic acids is 2. The second-order valence-electron chi connectivity index (χ2n) is 6.93. The molecule has 0 radical (unpaired) electrons. The molecular formula is C18H19FN4O4. The molecular weight excluding hydrogens is 355 g/mol. The third-order valence-corrected chi connectivity index (χ3v) is 4.95. The Bertz CT molecular complexity index is 886. The number of halogens is 1. The highest BCUT2D eigenvalue weighted by Crippen LogP contribution is 2.37. The van der Waals surface area contributed by atoms with Gasteiger partial charge in [-0.2, -0.15) is 5.10 Å². The van der Waals surface area contributed by atoms with Crippen LogP contribution in [-0.4, -0.2) is 63.2 Å². The van der Waals surface area contributed by atoms with Crippen molar-refractivity contribution in [2.45, 2.75) is 31.5 Å². The number of ether oxygens (including phenoxy) is 2. The van der Waals surface area contributed by atoms with Crippen molar-refractivity contribution in [2.24, 2.45) is 0 Å². The maximum atomic E-state index is 13.7. The number of hydrogen-bond acceptors (Lipinski definition) is 6. The molecule has 0 bridgehead atoms. The van der Waals surface area contributed by atoms with Gasteiger partial charge in [-0.25, -0.2) is 9.37 Å². The van der Waals surface area contributed by atoms with Crippen molar-refractivity contribution in [2.75, 3.05) is 19.7 Å². The molecule has 0 aromatic carbocycles. The Morgan fingerprint density at radius 3 is 3.07 bits per heavy atom. The van der Waals surface area contributed by atoms with E-state index in [0.717, 1.165) is 0 Å². The lowest BCUT2D eigenvalue weighted by molar-refractivity contribution is 0.00970. The lowest BCUT2D eigenvalue weighted by Crippen LogP contribution is -2.36. The number of Topliss-reactive ketones (excluding diaryl/α,β-unsaturated/α-hetero) is 1. The summed E-state index contributed by atoms with van der Waals surface area (Å²) >= 11 is 0. The first-order valence-corrected chi connectivity index (χ1v) is 8.72. The number of aromatic nitrogens is 3. The molecule has 142 valence electrons. The molecule has 2 aromatic rings. The van der Waals surface area contributed by atoms with E-state index in [2.05, 4.69) is 15.2 Å². The smallest absolute Gasteiger partial charge is 0.271 e. The van der Waals surface area contributed by atoms with Crippen molar-refractivity contribution in [3.63, 3.8) is 0 Å². The summed E-state index contributed by atoms with van der Waals surface area (Å²) in [6.07, 6.45) is 2.37. The number of amides is 1. The highest BCUT2D eigenvalue weighted by molar-refractivity contribution is 5.97. The summed E-state index contributed by atoms with van der Waals surface area (Å²) in [4.78, 5) is 29.5. The molecule has 4 heterocycles. The minimum Gasteiger partial charge on any atom is -0.470 e. The second-order valence-corrected chi connectivity index (χ2v) is 6.93. The Kier molecular flexibility index (Phi) is 4.39. The predicted octanol–water partition coefficient (Wildman–Crippen LogP) is 1.60. The van der Waals surface area contributed by atoms with Crippen molar-refractivity contribution in [3.05, 3.63) is 41.6 Å². The van der Waals surface area contributed by atoms with Gasteiger partial charge in [0.2, 0.25) is 0 Å². The summed E-state index contributed by atoms with van der Waals surface area (Å²) in [5.41, 5.74) is 0.00323. The number of aromatic amines is 1. The highest BCUT2D eigenvalue weighted by Gasteiger charge is 2.48. The van der Waals surface area contributed by atoms with Gasteiger partial charge in [0.05, 0.1) is 18.8 Å². The molecule has 2 aromatic heterocycles. The van der Waals surface area contributed by atoms with Gasteiger partial charge in [0, 0.05) is 26.1 Å². The molecule has 2 fully saturated rings. The van der Waals surface area contributed by atoms with Crippen LogP contribution in [0.25, 0.3) is 0 Å². The van der Waals surface area contributed by atoms with Crippen molar-refractivity contribution >= 4 is 11.7 Å². The minimum absolute atomic E-state index is 0.0386. The van der Waals surface area contributed by atoms with Gasteiger partial charge in [-0.3, -0.25) is 14.7 Å². The minimum atomic E-state index is -0.512. The van der Waals surface area contributed by atoms with Gasteiger partial charge < -0.3 is 14.4 Å². The van der Waals surface area contributed by atoms with Crippen LogP contribution < -0.4 is 4.74 Å². The lowest BCUT2D eigenvalue weighted by atomic mass is 9.98. The third kappa shape index (κ3) is 3.42. The van der Waals surface area contributed by atoms with Gasteiger partial charge in [-0.05, 0) is 24.6 Å². The molecule has 0 aliphatic carbocycles. The summed E-state index contributed by atoms with van der Waals surface area (Å²) in [5, 5.41) is 6.46. The fraction of sp³-hybridized carbons (Fsp3) is 0.444. The van der Waals surface area contributed by atoms with Crippen LogP contribution in [0.5, 0.6) is 5.88 Å². The van der Waals surface area contributed by atoms with Crippen LogP contribution in [0.2, 0.25) is 0 Å². The summed E-state index contributed by atoms with van der Waals surface area (Å²) in [6.45, 7) is 2.64. The van der Waals surface area contributed by atoms with Crippen LogP contribution in [0.1, 0.15) is 40.7 Å². The molecule has 9 heteroatoms. The van der Waals surface area contributed by atoms with E-state index in [0.29, 0.717) is 32.5 Å². The van der Waals surface area contributed by atoms with E-state index in [-0.39, 0.29) is 35.1 Å². The molecule has 2 aliphatic heterocycles. The number of rotatable bonds is 4. The van der Waals surface area contributed by atoms with E-state index in [1.165, 1.54) is 31.3 Å². The number of nitrogens with zero attached hydrogens (tertiary/aromatic N) is 3. The predicted molar refractivity (Wildman–Crippen MR) is 91.0 cm³/mol. The molecule has 1 N–H and O–H groups in total. The second kappa shape index (κ2) is 6.73. The largest absolute Gasteiger partial charge is 0.470 e. The normalized spacial score (nSPS) is 24.5. The molecule has 0 unspecified atom stereocenters. The Balaban J connectivity index is 1.39. The van der Waals surface area contributed by atoms with Gasteiger partial charge in [0.15, 0.2) is 11.6 Å². The monoisotopic (exact) mass is 374 g/mol. The molecule has 2 atom stereocenters. The van der Waals surface area contributed by atoms with Crippen LogP contribution in [0.15, 0.2) is 24.4 Å². The zero-order valence-electron chi connectivity index (χ0n) is 14.8. The Morgan fingerprint density at radius 1 is 1.48 bits per heavy atom. The number of hydrogen-bond donors (Lipinski definition) is 1. The fourth-order valence-corrected chi connectivity index (χ4v) is 3.58. The summed E-state index contributed by atoms with van der Waals surface area (Å²) in [7, 11) is 0. The van der Waals surface area contributed by atoms with E-state index in [1.807, 2.05) is 0 Å². The average molecular weight is 374 g/mol. The van der Waals surface area contributed by atoms with Crippen molar-refractivity contribution in [1.82, 2.24) is 20.1 Å². The quantitative estimate of drug-likeness (QED) is 0.817. The average Bonchev–Trinajstić information content (AvgIpc) is 3.38. The van der Waals surface area contributed by atoms with Crippen LogP contribution in [0, 0.1) is 5.82 Å². The van der Waals surface area contributed by atoms with Gasteiger partial charge >= 0.3 is 0 Å². The molecule has 8 nitrogen and oxygen atoms in total. The van der Waals surface area contributed by atoms with Crippen molar-refractivity contribution in [3.8, 4) is 5.88 Å². The number of ketones is 1. The zero-order chi connectivity index (χ0) is 19.0. The molecule has 27 heavy (non-hydrogen) atoms. The maximum absolute atomic E-state index is 13.7. The van der Waals surface area contributed by atoms with Crippen LogP contribution in [0.4, 0.5) is 4.39 Å². The number of likely N-dealkylation sites (tertiary alicyclic amines) is 1. The maximum Gasteiger partial charge on any atom is 0.271 e. The molecule has 0 saturated carbocycles. The third-order valence-electron chi connectivity index (χ3n) is 4.95. The van der Waals surface area contributed by atoms with Gasteiger partial charge in [-0.15, -0.1) is 0 Å². The fourth-order valence-electron chi connectivity index (χ4n) is 3.58. The van der Waals surface area contributed by atoms with E-state index >= 15 is 0 Å². The molecule has 4 rings (SSSR count). The van der Waals surface area contributed by atoms with Crippen LogP contribution in [-0.2, 0) is 4.74 Å². The molecule has 2 aliphatic rings. The number of pyridine rings is 1. The number of H-pyrrole nitrogens is 1. The SMILES string of the molecule is CC(=O)c1cc(C(=O)N2CC[C@]3(C[C@@H](Oc4ncccc4F)CO3)C2)[nH]n1. The number of carbonyl (C=O) groups is 2. The first kappa shape index (κ1) is 17.6. The van der Waals surface area contributed by atoms with Crippen molar-refractivity contribution < 1.29 is 23.5 Å². The Morgan fingerprint density at radius 2 is 2.33 bits per heavy atom. The van der Waals surface area contributed by atoms with E-state index < -0.39 is 11.4 Å². The van der Waals surface area contributed by atoms with E-state index in [1.54, 1.807) is 4.90 Å². The Labute approximate surface area is 154 Å². The van der Waals surface area contributed by atoms with Gasteiger partial charge in [0.1, 0.15) is 17.5 Å². The molecule has 2 saturated heterocycles. The lowest BCUT2D eigenvalue weighted by Gasteiger charge is -2.23. The van der Waals surface area contributed by atoms with Crippen molar-refractivity contribution in [1.29, 1.82) is 0 Å². The standard InChI is InChI=1S/C18H19FN4O4/c1-11(24)14-7-15(22-21-14)17(25)23-6-4-18(10-23)8-12(9-26-18)27-16-13(19)3-2-5-20-16/h2-3,5,7,12H,4,6,8-10H2,1H3,(H,21,22)/t12-,18+/m1/s1. The Hall–Kier alpha value is -2.81. The van der Waals surface area contributed by atoms with E-state index in [9.17, 15) is 14.0 Å².